The second-order valence-corrected chi connectivity index (χ2v) is 7.24. The van der Waals surface area contributed by atoms with Gasteiger partial charge >= 0.3 is 0 Å². The molecule has 0 aliphatic heterocycles. The van der Waals surface area contributed by atoms with Gasteiger partial charge in [-0.1, -0.05) is 18.2 Å². The molecule has 2 aromatic carbocycles. The maximum Gasteiger partial charge on any atom is 0.255 e. The summed E-state index contributed by atoms with van der Waals surface area (Å²) in [7, 11) is 1.60. The van der Waals surface area contributed by atoms with Gasteiger partial charge in [0, 0.05) is 23.7 Å². The molecule has 0 aliphatic rings. The molecule has 6 nitrogen and oxygen atoms in total. The summed E-state index contributed by atoms with van der Waals surface area (Å²) in [6, 6.07) is 14.2. The van der Waals surface area contributed by atoms with E-state index in [1.54, 1.807) is 48.7 Å². The molecule has 144 valence electrons. The molecule has 0 unspecified atom stereocenters. The predicted octanol–water partition coefficient (Wildman–Crippen LogP) is 3.57. The molecule has 0 bridgehead atoms. The molecule has 3 rings (SSSR count). The van der Waals surface area contributed by atoms with E-state index in [4.69, 9.17) is 4.74 Å². The van der Waals surface area contributed by atoms with Crippen LogP contribution < -0.4 is 15.4 Å². The van der Waals surface area contributed by atoms with Crippen molar-refractivity contribution in [1.82, 2.24) is 10.3 Å². The van der Waals surface area contributed by atoms with Gasteiger partial charge in [-0.15, -0.1) is 11.3 Å². The Morgan fingerprint density at radius 1 is 1.14 bits per heavy atom. The molecule has 0 fully saturated rings. The fourth-order valence-corrected chi connectivity index (χ4v) is 3.14. The lowest BCUT2D eigenvalue weighted by atomic mass is 10.1. The van der Waals surface area contributed by atoms with Crippen LogP contribution in [0.15, 0.2) is 53.9 Å². The highest BCUT2D eigenvalue weighted by molar-refractivity contribution is 7.09. The van der Waals surface area contributed by atoms with E-state index in [1.165, 1.54) is 0 Å². The van der Waals surface area contributed by atoms with Crippen molar-refractivity contribution >= 4 is 28.8 Å². The van der Waals surface area contributed by atoms with Gasteiger partial charge in [-0.25, -0.2) is 4.98 Å². The molecule has 7 heteroatoms. The zero-order valence-electron chi connectivity index (χ0n) is 15.7. The number of thiazole rings is 1. The molecule has 0 spiro atoms. The first-order valence-electron chi connectivity index (χ1n) is 8.78. The SMILES string of the molecule is CNC(=O)Cc1ccc(NC(=O)c2cccc(OCc3csc(C)n3)c2)cc1. The van der Waals surface area contributed by atoms with Crippen molar-refractivity contribution in [3.63, 3.8) is 0 Å². The van der Waals surface area contributed by atoms with Crippen molar-refractivity contribution in [1.29, 1.82) is 0 Å². The third-order valence-corrected chi connectivity index (χ3v) is 4.83. The van der Waals surface area contributed by atoms with E-state index in [2.05, 4.69) is 15.6 Å². The van der Waals surface area contributed by atoms with Crippen LogP contribution in [0.4, 0.5) is 5.69 Å². The van der Waals surface area contributed by atoms with E-state index in [0.29, 0.717) is 30.0 Å². The zero-order valence-corrected chi connectivity index (χ0v) is 16.5. The number of nitrogens with zero attached hydrogens (tertiary/aromatic N) is 1. The first-order chi connectivity index (χ1) is 13.5. The van der Waals surface area contributed by atoms with Gasteiger partial charge in [-0.3, -0.25) is 9.59 Å². The van der Waals surface area contributed by atoms with Crippen molar-refractivity contribution in [2.45, 2.75) is 20.0 Å². The van der Waals surface area contributed by atoms with Gasteiger partial charge in [-0.05, 0) is 42.8 Å². The molecule has 0 atom stereocenters. The summed E-state index contributed by atoms with van der Waals surface area (Å²) in [5.74, 6) is 0.328. The Morgan fingerprint density at radius 3 is 2.61 bits per heavy atom. The predicted molar refractivity (Wildman–Crippen MR) is 110 cm³/mol. The lowest BCUT2D eigenvalue weighted by molar-refractivity contribution is -0.119. The molecule has 3 aromatic rings. The van der Waals surface area contributed by atoms with E-state index in [-0.39, 0.29) is 11.8 Å². The monoisotopic (exact) mass is 395 g/mol. The number of rotatable bonds is 7. The number of ether oxygens (including phenoxy) is 1. The third kappa shape index (κ3) is 5.40. The number of benzene rings is 2. The maximum atomic E-state index is 12.5. The number of likely N-dealkylation sites (N-methyl/N-ethyl adjacent to an activating group) is 1. The lowest BCUT2D eigenvalue weighted by Gasteiger charge is -2.09. The Hall–Kier alpha value is -3.19. The van der Waals surface area contributed by atoms with Crippen LogP contribution in [0.2, 0.25) is 0 Å². The van der Waals surface area contributed by atoms with Crippen LogP contribution >= 0.6 is 11.3 Å². The van der Waals surface area contributed by atoms with Gasteiger partial charge in [0.1, 0.15) is 12.4 Å². The Balaban J connectivity index is 1.60. The molecule has 2 N–H and O–H groups in total. The van der Waals surface area contributed by atoms with E-state index in [9.17, 15) is 9.59 Å². The lowest BCUT2D eigenvalue weighted by Crippen LogP contribution is -2.19. The minimum absolute atomic E-state index is 0.0542. The first-order valence-corrected chi connectivity index (χ1v) is 9.66. The van der Waals surface area contributed by atoms with Crippen LogP contribution in [0.1, 0.15) is 26.6 Å². The highest BCUT2D eigenvalue weighted by Gasteiger charge is 2.09. The summed E-state index contributed by atoms with van der Waals surface area (Å²) < 4.78 is 5.74. The molecule has 0 saturated carbocycles. The maximum absolute atomic E-state index is 12.5. The van der Waals surface area contributed by atoms with Crippen LogP contribution in [0.25, 0.3) is 0 Å². The first kappa shape index (κ1) is 19.6. The average Bonchev–Trinajstić information content (AvgIpc) is 3.13. The highest BCUT2D eigenvalue weighted by Crippen LogP contribution is 2.18. The van der Waals surface area contributed by atoms with Gasteiger partial charge < -0.3 is 15.4 Å². The number of nitrogens with one attached hydrogen (secondary N) is 2. The molecule has 1 heterocycles. The normalized spacial score (nSPS) is 10.4. The van der Waals surface area contributed by atoms with Crippen LogP contribution in [-0.4, -0.2) is 23.8 Å². The number of anilines is 1. The van der Waals surface area contributed by atoms with Gasteiger partial charge in [-0.2, -0.15) is 0 Å². The average molecular weight is 395 g/mol. The van der Waals surface area contributed by atoms with Crippen molar-refractivity contribution in [3.8, 4) is 5.75 Å². The van der Waals surface area contributed by atoms with Crippen molar-refractivity contribution in [2.24, 2.45) is 0 Å². The Morgan fingerprint density at radius 2 is 1.93 bits per heavy atom. The molecule has 1 aromatic heterocycles. The summed E-state index contributed by atoms with van der Waals surface area (Å²) in [5.41, 5.74) is 2.91. The van der Waals surface area contributed by atoms with Crippen molar-refractivity contribution in [3.05, 3.63) is 75.7 Å². The number of aryl methyl sites for hydroxylation is 1. The summed E-state index contributed by atoms with van der Waals surface area (Å²) in [5, 5.41) is 8.39. The topological polar surface area (TPSA) is 80.3 Å². The van der Waals surface area contributed by atoms with E-state index in [1.807, 2.05) is 30.5 Å². The zero-order chi connectivity index (χ0) is 19.9. The Bertz CT molecular complexity index is 967. The smallest absolute Gasteiger partial charge is 0.255 e. The third-order valence-electron chi connectivity index (χ3n) is 4.00. The van der Waals surface area contributed by atoms with E-state index in [0.717, 1.165) is 16.3 Å². The summed E-state index contributed by atoms with van der Waals surface area (Å²) in [6.07, 6.45) is 0.308. The molecule has 2 amide bonds. The van der Waals surface area contributed by atoms with Gasteiger partial charge in [0.25, 0.3) is 5.91 Å². The summed E-state index contributed by atoms with van der Waals surface area (Å²) in [4.78, 5) is 28.3. The quantitative estimate of drug-likeness (QED) is 0.641. The number of carbonyl (C=O) groups excluding carboxylic acids is 2. The fraction of sp³-hybridized carbons (Fsp3) is 0.190. The van der Waals surface area contributed by atoms with Crippen molar-refractivity contribution < 1.29 is 14.3 Å². The fourth-order valence-electron chi connectivity index (χ4n) is 2.54. The van der Waals surface area contributed by atoms with E-state index < -0.39 is 0 Å². The van der Waals surface area contributed by atoms with Crippen LogP contribution in [-0.2, 0) is 17.8 Å². The molecule has 28 heavy (non-hydrogen) atoms. The van der Waals surface area contributed by atoms with Gasteiger partial charge in [0.15, 0.2) is 0 Å². The minimum Gasteiger partial charge on any atom is -0.487 e. The largest absolute Gasteiger partial charge is 0.487 e. The van der Waals surface area contributed by atoms with Crippen LogP contribution in [0.3, 0.4) is 0 Å². The Kier molecular flexibility index (Phi) is 6.39. The number of amides is 2. The molecule has 0 radical (unpaired) electrons. The van der Waals surface area contributed by atoms with Gasteiger partial charge in [0.2, 0.25) is 5.91 Å². The molecular formula is C21H21N3O3S. The highest BCUT2D eigenvalue weighted by atomic mass is 32.1. The molecular weight excluding hydrogens is 374 g/mol. The second kappa shape index (κ2) is 9.14. The second-order valence-electron chi connectivity index (χ2n) is 6.18. The Labute approximate surface area is 167 Å². The molecule has 0 aliphatic carbocycles. The van der Waals surface area contributed by atoms with E-state index >= 15 is 0 Å². The number of hydrogen-bond donors (Lipinski definition) is 2. The summed E-state index contributed by atoms with van der Waals surface area (Å²) in [6.45, 7) is 2.31. The summed E-state index contributed by atoms with van der Waals surface area (Å²) >= 11 is 1.58. The number of hydrogen-bond acceptors (Lipinski definition) is 5. The van der Waals surface area contributed by atoms with Crippen LogP contribution in [0, 0.1) is 6.92 Å². The standard InChI is InChI=1S/C21H21N3O3S/c1-14-23-18(13-28-14)12-27-19-5-3-4-16(11-19)21(26)24-17-8-6-15(7-9-17)10-20(25)22-2/h3-9,11,13H,10,12H2,1-2H3,(H,22,25)(H,24,26). The number of carbonyl (C=O) groups is 2. The van der Waals surface area contributed by atoms with Gasteiger partial charge in [0.05, 0.1) is 17.1 Å². The molecule has 0 saturated heterocycles. The minimum atomic E-state index is -0.228. The van der Waals surface area contributed by atoms with Crippen molar-refractivity contribution in [2.75, 3.05) is 12.4 Å². The van der Waals surface area contributed by atoms with Crippen LogP contribution in [0.5, 0.6) is 5.75 Å². The number of aromatic nitrogens is 1.